The number of nitrogens with zero attached hydrogens (tertiary/aromatic N) is 1. The van der Waals surface area contributed by atoms with E-state index in [1.807, 2.05) is 25.7 Å². The van der Waals surface area contributed by atoms with Crippen LogP contribution in [0.1, 0.15) is 23.9 Å². The van der Waals surface area contributed by atoms with Crippen LogP contribution < -0.4 is 0 Å². The van der Waals surface area contributed by atoms with Crippen LogP contribution >= 0.6 is 22.9 Å². The first-order valence-electron chi connectivity index (χ1n) is 10.0. The van der Waals surface area contributed by atoms with Gasteiger partial charge >= 0.3 is 0 Å². The minimum absolute atomic E-state index is 0.0477. The Labute approximate surface area is 202 Å². The lowest BCUT2D eigenvalue weighted by Crippen LogP contribution is -2.13. The van der Waals surface area contributed by atoms with E-state index in [-0.39, 0.29) is 11.9 Å². The van der Waals surface area contributed by atoms with Crippen molar-refractivity contribution in [3.05, 3.63) is 87.7 Å². The molecule has 2 aromatic carbocycles. The molecular formula is C26H25ClFNO3S. The third kappa shape index (κ3) is 7.29. The Morgan fingerprint density at radius 2 is 1.64 bits per heavy atom. The van der Waals surface area contributed by atoms with E-state index >= 15 is 0 Å². The minimum atomic E-state index is -0.256. The normalized spacial score (nSPS) is 14.7. The van der Waals surface area contributed by atoms with Gasteiger partial charge in [0.25, 0.3) is 0 Å². The Balaban J connectivity index is 0.000000914. The molecule has 1 heterocycles. The number of halogens is 2. The minimum Gasteiger partial charge on any atom is -0.367 e. The maximum atomic E-state index is 13.4. The summed E-state index contributed by atoms with van der Waals surface area (Å²) in [6, 6.07) is 14.8. The largest absolute Gasteiger partial charge is 0.367 e. The first-order chi connectivity index (χ1) is 16.0. The predicted molar refractivity (Wildman–Crippen MR) is 133 cm³/mol. The molecule has 1 unspecified atom stereocenters. The Morgan fingerprint density at radius 1 is 1.03 bits per heavy atom. The molecular weight excluding hydrogens is 461 g/mol. The maximum absolute atomic E-state index is 13.4. The highest BCUT2D eigenvalue weighted by Gasteiger charge is 2.18. The third-order valence-corrected chi connectivity index (χ3v) is 6.09. The van der Waals surface area contributed by atoms with Crippen molar-refractivity contribution in [1.29, 1.82) is 0 Å². The molecule has 1 aromatic heterocycles. The third-order valence-electron chi connectivity index (χ3n) is 4.78. The van der Waals surface area contributed by atoms with Gasteiger partial charge in [-0.05, 0) is 62.2 Å². The highest BCUT2D eigenvalue weighted by molar-refractivity contribution is 7.15. The van der Waals surface area contributed by atoms with Crippen LogP contribution in [-0.2, 0) is 20.9 Å². The van der Waals surface area contributed by atoms with Crippen LogP contribution in [0.25, 0.3) is 21.7 Å². The van der Waals surface area contributed by atoms with Gasteiger partial charge in [0.2, 0.25) is 0 Å². The number of ether oxygens (including phenoxy) is 1. The first-order valence-corrected chi connectivity index (χ1v) is 11.2. The van der Waals surface area contributed by atoms with Gasteiger partial charge in [-0.2, -0.15) is 0 Å². The zero-order chi connectivity index (χ0) is 24.4. The quantitative estimate of drug-likeness (QED) is 0.394. The van der Waals surface area contributed by atoms with E-state index in [4.69, 9.17) is 30.9 Å². The van der Waals surface area contributed by atoms with Crippen molar-refractivity contribution in [2.24, 2.45) is 0 Å². The number of allylic oxidation sites excluding steroid dienone is 2. The van der Waals surface area contributed by atoms with Crippen molar-refractivity contribution < 1.29 is 18.7 Å². The molecule has 1 aliphatic rings. The molecule has 0 radical (unpaired) electrons. The Hall–Kier alpha value is -2.93. The molecule has 1 atom stereocenters. The molecule has 0 amide bonds. The fourth-order valence-electron chi connectivity index (χ4n) is 3.31. The molecule has 0 N–H and O–H groups in total. The van der Waals surface area contributed by atoms with Gasteiger partial charge in [0.1, 0.15) is 24.4 Å². The Kier molecular flexibility index (Phi) is 10.3. The summed E-state index contributed by atoms with van der Waals surface area (Å²) in [7, 11) is 0. The van der Waals surface area contributed by atoms with Crippen LogP contribution in [0.2, 0.25) is 0 Å². The number of rotatable bonds is 5. The first kappa shape index (κ1) is 26.3. The lowest BCUT2D eigenvalue weighted by Gasteiger charge is -2.17. The van der Waals surface area contributed by atoms with Crippen molar-refractivity contribution in [2.75, 3.05) is 0 Å². The van der Waals surface area contributed by atoms with Gasteiger partial charge in [-0.15, -0.1) is 11.3 Å². The van der Waals surface area contributed by atoms with Crippen molar-refractivity contribution in [3.8, 4) is 21.7 Å². The SMILES string of the molecule is C=O.C=O.CC1=CC(Cl)=CC(OCc2nc(-c3ccc(F)cc3)c(-c3ccc(C)cc3)s2)C1. The summed E-state index contributed by atoms with van der Waals surface area (Å²) in [5, 5.41) is 1.60. The molecule has 33 heavy (non-hydrogen) atoms. The fourth-order valence-corrected chi connectivity index (χ4v) is 4.65. The van der Waals surface area contributed by atoms with Gasteiger partial charge in [0, 0.05) is 10.6 Å². The molecule has 0 fully saturated rings. The van der Waals surface area contributed by atoms with Crippen molar-refractivity contribution in [1.82, 2.24) is 4.98 Å². The summed E-state index contributed by atoms with van der Waals surface area (Å²) in [6.45, 7) is 8.52. The number of carbonyl (C=O) groups is 2. The Bertz CT molecular complexity index is 1040. The topological polar surface area (TPSA) is 56.3 Å². The van der Waals surface area contributed by atoms with Crippen molar-refractivity contribution in [2.45, 2.75) is 33.0 Å². The fraction of sp³-hybridized carbons (Fsp3) is 0.192. The van der Waals surface area contributed by atoms with E-state index in [0.717, 1.165) is 33.1 Å². The second-order valence-corrected chi connectivity index (χ2v) is 8.77. The summed E-state index contributed by atoms with van der Waals surface area (Å²) in [5.74, 6) is -0.256. The summed E-state index contributed by atoms with van der Waals surface area (Å²) < 4.78 is 19.5. The van der Waals surface area contributed by atoms with E-state index < -0.39 is 0 Å². The number of carbonyl (C=O) groups excluding carboxylic acids is 2. The van der Waals surface area contributed by atoms with E-state index in [9.17, 15) is 4.39 Å². The van der Waals surface area contributed by atoms with Crippen LogP contribution in [-0.4, -0.2) is 24.7 Å². The number of thiazole rings is 1. The second-order valence-electron chi connectivity index (χ2n) is 7.25. The van der Waals surface area contributed by atoms with Crippen LogP contribution in [0.5, 0.6) is 0 Å². The molecule has 3 aromatic rings. The molecule has 7 heteroatoms. The molecule has 0 bridgehead atoms. The van der Waals surface area contributed by atoms with Crippen LogP contribution in [0.4, 0.5) is 4.39 Å². The van der Waals surface area contributed by atoms with E-state index in [1.54, 1.807) is 23.5 Å². The molecule has 0 saturated carbocycles. The van der Waals surface area contributed by atoms with E-state index in [2.05, 4.69) is 38.1 Å². The standard InChI is InChI=1S/C24H21ClFNOS.2CH2O/c1-15-3-5-18(6-4-15)24-23(17-7-9-20(26)10-8-17)27-22(29-24)14-28-21-12-16(2)11-19(25)13-21;2*1-2/h3-11,13,21H,12,14H2,1-2H3;2*1H2. The average Bonchev–Trinajstić information content (AvgIpc) is 3.25. The van der Waals surface area contributed by atoms with Gasteiger partial charge in [-0.1, -0.05) is 47.0 Å². The molecule has 0 aliphatic heterocycles. The number of hydrogen-bond acceptors (Lipinski definition) is 5. The number of benzene rings is 2. The predicted octanol–water partition coefficient (Wildman–Crippen LogP) is 6.91. The van der Waals surface area contributed by atoms with Gasteiger partial charge in [-0.25, -0.2) is 9.37 Å². The summed E-state index contributed by atoms with van der Waals surface area (Å²) in [6.07, 6.45) is 4.68. The zero-order valence-corrected chi connectivity index (χ0v) is 20.1. The van der Waals surface area contributed by atoms with Gasteiger partial charge in [-0.3, -0.25) is 0 Å². The molecule has 172 valence electrons. The van der Waals surface area contributed by atoms with Crippen LogP contribution in [0, 0.1) is 12.7 Å². The summed E-state index contributed by atoms with van der Waals surface area (Å²) >= 11 is 7.77. The smallest absolute Gasteiger partial charge is 0.123 e. The van der Waals surface area contributed by atoms with Crippen LogP contribution in [0.15, 0.2) is 71.3 Å². The molecule has 4 nitrogen and oxygen atoms in total. The lowest BCUT2D eigenvalue weighted by molar-refractivity contribution is -0.0987. The van der Waals surface area contributed by atoms with Gasteiger partial charge in [0.15, 0.2) is 0 Å². The second kappa shape index (κ2) is 12.9. The summed E-state index contributed by atoms with van der Waals surface area (Å²) in [5.41, 5.74) is 5.25. The number of hydrogen-bond donors (Lipinski definition) is 0. The zero-order valence-electron chi connectivity index (χ0n) is 18.5. The molecule has 1 aliphatic carbocycles. The van der Waals surface area contributed by atoms with E-state index in [0.29, 0.717) is 11.6 Å². The monoisotopic (exact) mass is 485 g/mol. The molecule has 0 spiro atoms. The number of aromatic nitrogens is 1. The molecule has 4 rings (SSSR count). The van der Waals surface area contributed by atoms with Gasteiger partial charge in [0.05, 0.1) is 23.3 Å². The van der Waals surface area contributed by atoms with E-state index in [1.165, 1.54) is 23.3 Å². The Morgan fingerprint density at radius 3 is 2.24 bits per heavy atom. The summed E-state index contributed by atoms with van der Waals surface area (Å²) in [4.78, 5) is 21.9. The van der Waals surface area contributed by atoms with Crippen molar-refractivity contribution in [3.63, 3.8) is 0 Å². The molecule has 0 saturated heterocycles. The van der Waals surface area contributed by atoms with Gasteiger partial charge < -0.3 is 14.3 Å². The van der Waals surface area contributed by atoms with Crippen LogP contribution in [0.3, 0.4) is 0 Å². The lowest BCUT2D eigenvalue weighted by atomic mass is 10.0. The maximum Gasteiger partial charge on any atom is 0.123 e. The van der Waals surface area contributed by atoms with Crippen molar-refractivity contribution >= 4 is 36.5 Å². The average molecular weight is 486 g/mol. The highest BCUT2D eigenvalue weighted by atomic mass is 35.5. The highest BCUT2D eigenvalue weighted by Crippen LogP contribution is 2.37. The number of aryl methyl sites for hydroxylation is 1.